The first-order valence-corrected chi connectivity index (χ1v) is 12.6. The first-order chi connectivity index (χ1) is 17.0. The second kappa shape index (κ2) is 11.5. The summed E-state index contributed by atoms with van der Waals surface area (Å²) in [5.41, 5.74) is 5.78. The SMILES string of the molecule is CCCc1nn(CC2CCC(C(OC)C(=O)O)CC2)c(-c2ccc(OC)cc2)c1-c1ccccc1. The number of hydrogen-bond donors (Lipinski definition) is 1. The molecule has 1 saturated carbocycles. The topological polar surface area (TPSA) is 73.6 Å². The summed E-state index contributed by atoms with van der Waals surface area (Å²) >= 11 is 0. The predicted octanol–water partition coefficient (Wildman–Crippen LogP) is 6.08. The van der Waals surface area contributed by atoms with E-state index in [1.807, 2.05) is 18.2 Å². The van der Waals surface area contributed by atoms with Crippen molar-refractivity contribution in [2.75, 3.05) is 14.2 Å². The van der Waals surface area contributed by atoms with E-state index in [0.717, 1.165) is 67.8 Å². The maximum absolute atomic E-state index is 11.5. The molecular weight excluding hydrogens is 440 g/mol. The second-order valence-corrected chi connectivity index (χ2v) is 9.47. The highest BCUT2D eigenvalue weighted by Gasteiger charge is 2.33. The fourth-order valence-corrected chi connectivity index (χ4v) is 5.42. The molecule has 0 aliphatic heterocycles. The van der Waals surface area contributed by atoms with Crippen LogP contribution in [0.4, 0.5) is 0 Å². The molecule has 0 amide bonds. The number of carboxylic acids is 1. The number of carboxylic acid groups (broad SMARTS) is 1. The number of benzene rings is 2. The van der Waals surface area contributed by atoms with Gasteiger partial charge in [0.1, 0.15) is 5.75 Å². The number of nitrogens with zero attached hydrogens (tertiary/aromatic N) is 2. The van der Waals surface area contributed by atoms with Crippen LogP contribution in [-0.4, -0.2) is 41.2 Å². The van der Waals surface area contributed by atoms with E-state index in [4.69, 9.17) is 14.6 Å². The Bertz CT molecular complexity index is 1100. The number of hydrogen-bond acceptors (Lipinski definition) is 4. The molecule has 35 heavy (non-hydrogen) atoms. The average Bonchev–Trinajstić information content (AvgIpc) is 3.23. The highest BCUT2D eigenvalue weighted by molar-refractivity contribution is 5.83. The lowest BCUT2D eigenvalue weighted by Gasteiger charge is -2.31. The van der Waals surface area contributed by atoms with Gasteiger partial charge in [-0.3, -0.25) is 4.68 Å². The minimum atomic E-state index is -0.860. The summed E-state index contributed by atoms with van der Waals surface area (Å²) in [6, 6.07) is 18.8. The first-order valence-electron chi connectivity index (χ1n) is 12.6. The van der Waals surface area contributed by atoms with Gasteiger partial charge in [0.2, 0.25) is 0 Å². The third kappa shape index (κ3) is 5.59. The van der Waals surface area contributed by atoms with Crippen molar-refractivity contribution in [2.45, 2.75) is 58.1 Å². The van der Waals surface area contributed by atoms with E-state index < -0.39 is 12.1 Å². The molecule has 186 valence electrons. The smallest absolute Gasteiger partial charge is 0.333 e. The van der Waals surface area contributed by atoms with Crippen molar-refractivity contribution in [1.29, 1.82) is 0 Å². The van der Waals surface area contributed by atoms with E-state index in [-0.39, 0.29) is 5.92 Å². The molecule has 1 fully saturated rings. The molecule has 4 rings (SSSR count). The monoisotopic (exact) mass is 476 g/mol. The van der Waals surface area contributed by atoms with E-state index in [9.17, 15) is 9.90 Å². The van der Waals surface area contributed by atoms with Gasteiger partial charge in [0.25, 0.3) is 0 Å². The molecule has 1 atom stereocenters. The molecule has 2 aromatic carbocycles. The third-order valence-electron chi connectivity index (χ3n) is 7.19. The number of carbonyl (C=O) groups is 1. The Hall–Kier alpha value is -3.12. The molecule has 6 heteroatoms. The van der Waals surface area contributed by atoms with Gasteiger partial charge in [-0.1, -0.05) is 43.7 Å². The van der Waals surface area contributed by atoms with Gasteiger partial charge in [-0.25, -0.2) is 4.79 Å². The van der Waals surface area contributed by atoms with Crippen LogP contribution in [0.2, 0.25) is 0 Å². The molecule has 1 aromatic heterocycles. The Morgan fingerprint density at radius 2 is 1.71 bits per heavy atom. The molecule has 1 unspecified atom stereocenters. The molecule has 1 aliphatic carbocycles. The highest BCUT2D eigenvalue weighted by Crippen LogP contribution is 2.39. The number of aliphatic carboxylic acids is 1. The molecule has 1 aliphatic rings. The number of aryl methyl sites for hydroxylation is 1. The van der Waals surface area contributed by atoms with Gasteiger partial charge in [-0.05, 0) is 73.8 Å². The number of rotatable bonds is 10. The van der Waals surface area contributed by atoms with Crippen LogP contribution in [0.3, 0.4) is 0 Å². The lowest BCUT2D eigenvalue weighted by molar-refractivity contribution is -0.153. The summed E-state index contributed by atoms with van der Waals surface area (Å²) < 4.78 is 12.9. The molecule has 6 nitrogen and oxygen atoms in total. The molecule has 1 heterocycles. The van der Waals surface area contributed by atoms with E-state index in [1.165, 1.54) is 18.2 Å². The van der Waals surface area contributed by atoms with E-state index in [1.54, 1.807) is 7.11 Å². The highest BCUT2D eigenvalue weighted by atomic mass is 16.5. The van der Waals surface area contributed by atoms with Crippen molar-refractivity contribution >= 4 is 5.97 Å². The number of ether oxygens (including phenoxy) is 2. The van der Waals surface area contributed by atoms with Gasteiger partial charge in [-0.15, -0.1) is 0 Å². The number of methoxy groups -OCH3 is 2. The van der Waals surface area contributed by atoms with Crippen LogP contribution in [0.25, 0.3) is 22.4 Å². The van der Waals surface area contributed by atoms with Crippen molar-refractivity contribution in [3.8, 4) is 28.1 Å². The minimum absolute atomic E-state index is 0.0722. The first kappa shape index (κ1) is 25.0. The molecule has 0 spiro atoms. The van der Waals surface area contributed by atoms with Crippen LogP contribution in [0.5, 0.6) is 5.75 Å². The maximum atomic E-state index is 11.5. The Balaban J connectivity index is 1.68. The lowest BCUT2D eigenvalue weighted by atomic mass is 9.79. The zero-order chi connectivity index (χ0) is 24.8. The van der Waals surface area contributed by atoms with Crippen molar-refractivity contribution < 1.29 is 19.4 Å². The molecule has 0 bridgehead atoms. The van der Waals surface area contributed by atoms with Gasteiger partial charge in [0.15, 0.2) is 6.10 Å². The predicted molar refractivity (Wildman–Crippen MR) is 138 cm³/mol. The van der Waals surface area contributed by atoms with Crippen molar-refractivity contribution in [2.24, 2.45) is 11.8 Å². The molecule has 0 radical (unpaired) electrons. The zero-order valence-electron chi connectivity index (χ0n) is 20.9. The van der Waals surface area contributed by atoms with Gasteiger partial charge in [0, 0.05) is 24.8 Å². The zero-order valence-corrected chi connectivity index (χ0v) is 20.9. The van der Waals surface area contributed by atoms with Crippen LogP contribution in [0, 0.1) is 11.8 Å². The van der Waals surface area contributed by atoms with E-state index in [0.29, 0.717) is 5.92 Å². The van der Waals surface area contributed by atoms with Crippen LogP contribution in [0.15, 0.2) is 54.6 Å². The Morgan fingerprint density at radius 3 is 2.29 bits per heavy atom. The van der Waals surface area contributed by atoms with Crippen molar-refractivity contribution in [3.63, 3.8) is 0 Å². The summed E-state index contributed by atoms with van der Waals surface area (Å²) in [6.45, 7) is 3.01. The fraction of sp³-hybridized carbons (Fsp3) is 0.448. The minimum Gasteiger partial charge on any atom is -0.497 e. The largest absolute Gasteiger partial charge is 0.497 e. The Morgan fingerprint density at radius 1 is 1.03 bits per heavy atom. The van der Waals surface area contributed by atoms with Crippen molar-refractivity contribution in [3.05, 3.63) is 60.3 Å². The summed E-state index contributed by atoms with van der Waals surface area (Å²) in [6.07, 6.45) is 4.91. The Labute approximate surface area is 207 Å². The van der Waals surface area contributed by atoms with Crippen LogP contribution in [0.1, 0.15) is 44.7 Å². The van der Waals surface area contributed by atoms with Crippen LogP contribution < -0.4 is 4.74 Å². The van der Waals surface area contributed by atoms with Gasteiger partial charge < -0.3 is 14.6 Å². The summed E-state index contributed by atoms with van der Waals surface area (Å²) in [5, 5.41) is 14.6. The normalized spacial score (nSPS) is 18.8. The fourth-order valence-electron chi connectivity index (χ4n) is 5.42. The maximum Gasteiger partial charge on any atom is 0.333 e. The molecule has 1 N–H and O–H groups in total. The summed E-state index contributed by atoms with van der Waals surface area (Å²) in [4.78, 5) is 11.5. The molecule has 0 saturated heterocycles. The summed E-state index contributed by atoms with van der Waals surface area (Å²) in [5.74, 6) is 0.497. The average molecular weight is 477 g/mol. The Kier molecular flexibility index (Phi) is 8.24. The van der Waals surface area contributed by atoms with Gasteiger partial charge >= 0.3 is 5.97 Å². The standard InChI is InChI=1S/C29H36N2O4/c1-4-8-25-26(21-9-6-5-7-10-21)27(22-15-17-24(34-2)18-16-22)31(30-25)19-20-11-13-23(14-12-20)28(35-3)29(32)33/h5-7,9-10,15-18,20,23,28H,4,8,11-14,19H2,1-3H3,(H,32,33). The summed E-state index contributed by atoms with van der Waals surface area (Å²) in [7, 11) is 3.18. The third-order valence-corrected chi connectivity index (χ3v) is 7.19. The van der Waals surface area contributed by atoms with E-state index in [2.05, 4.69) is 48.0 Å². The van der Waals surface area contributed by atoms with Crippen LogP contribution in [-0.2, 0) is 22.5 Å². The van der Waals surface area contributed by atoms with Crippen molar-refractivity contribution in [1.82, 2.24) is 9.78 Å². The van der Waals surface area contributed by atoms with E-state index >= 15 is 0 Å². The lowest BCUT2D eigenvalue weighted by Crippen LogP contribution is -2.34. The van der Waals surface area contributed by atoms with Gasteiger partial charge in [0.05, 0.1) is 18.5 Å². The molecule has 3 aromatic rings. The number of aromatic nitrogens is 2. The molecular formula is C29H36N2O4. The quantitative estimate of drug-likeness (QED) is 0.384. The van der Waals surface area contributed by atoms with Gasteiger partial charge in [-0.2, -0.15) is 5.10 Å². The van der Waals surface area contributed by atoms with Crippen LogP contribution >= 0.6 is 0 Å². The second-order valence-electron chi connectivity index (χ2n) is 9.47.